The summed E-state index contributed by atoms with van der Waals surface area (Å²) in [5, 5.41) is 3.03. The SMILES string of the molecule is NCCNCCN.[NaH]. The molecule has 0 bridgehead atoms. The molecule has 0 atom stereocenters. The third-order valence-corrected chi connectivity index (χ3v) is 0.642. The maximum atomic E-state index is 5.17. The fraction of sp³-hybridized carbons (Fsp3) is 1.00. The zero-order chi connectivity index (χ0) is 5.54. The van der Waals surface area contributed by atoms with Gasteiger partial charge in [0.15, 0.2) is 0 Å². The molecule has 0 aromatic carbocycles. The van der Waals surface area contributed by atoms with Gasteiger partial charge in [-0.15, -0.1) is 0 Å². The van der Waals surface area contributed by atoms with Crippen molar-refractivity contribution < 1.29 is 0 Å². The summed E-state index contributed by atoms with van der Waals surface area (Å²) >= 11 is 0. The normalized spacial score (nSPS) is 8.25. The molecular weight excluding hydrogens is 113 g/mol. The van der Waals surface area contributed by atoms with E-state index < -0.39 is 0 Å². The average Bonchev–Trinajstić information content (AvgIpc) is 1.69. The van der Waals surface area contributed by atoms with Crippen LogP contribution in [0.3, 0.4) is 0 Å². The monoisotopic (exact) mass is 127 g/mol. The average molecular weight is 127 g/mol. The minimum absolute atomic E-state index is 0. The van der Waals surface area contributed by atoms with E-state index in [0.29, 0.717) is 13.1 Å². The van der Waals surface area contributed by atoms with Gasteiger partial charge in [0.1, 0.15) is 0 Å². The first-order valence-corrected chi connectivity index (χ1v) is 2.52. The van der Waals surface area contributed by atoms with Crippen LogP contribution in [-0.2, 0) is 0 Å². The van der Waals surface area contributed by atoms with Crippen molar-refractivity contribution in [3.05, 3.63) is 0 Å². The van der Waals surface area contributed by atoms with Gasteiger partial charge in [-0.25, -0.2) is 0 Å². The second-order valence-electron chi connectivity index (χ2n) is 1.33. The molecule has 8 heavy (non-hydrogen) atoms. The molecule has 0 aliphatic heterocycles. The van der Waals surface area contributed by atoms with Crippen molar-refractivity contribution in [1.29, 1.82) is 0 Å². The Morgan fingerprint density at radius 3 is 1.62 bits per heavy atom. The number of rotatable bonds is 4. The Balaban J connectivity index is 0. The summed E-state index contributed by atoms with van der Waals surface area (Å²) in [5.41, 5.74) is 10.3. The zero-order valence-corrected chi connectivity index (χ0v) is 4.48. The van der Waals surface area contributed by atoms with Gasteiger partial charge in [-0.1, -0.05) is 0 Å². The molecule has 3 nitrogen and oxygen atoms in total. The van der Waals surface area contributed by atoms with Crippen molar-refractivity contribution in [1.82, 2.24) is 5.32 Å². The number of hydrogen-bond acceptors (Lipinski definition) is 3. The second-order valence-corrected chi connectivity index (χ2v) is 1.33. The van der Waals surface area contributed by atoms with Gasteiger partial charge in [0.25, 0.3) is 0 Å². The van der Waals surface area contributed by atoms with Crippen LogP contribution in [0.5, 0.6) is 0 Å². The van der Waals surface area contributed by atoms with Gasteiger partial charge < -0.3 is 16.8 Å². The maximum absolute atomic E-state index is 5.17. The molecule has 4 heteroatoms. The Hall–Kier alpha value is 0.880. The summed E-state index contributed by atoms with van der Waals surface area (Å²) in [5.74, 6) is 0. The molecule has 0 radical (unpaired) electrons. The summed E-state index contributed by atoms with van der Waals surface area (Å²) in [7, 11) is 0. The molecule has 0 unspecified atom stereocenters. The molecule has 0 aromatic heterocycles. The van der Waals surface area contributed by atoms with Gasteiger partial charge in [0.05, 0.1) is 0 Å². The van der Waals surface area contributed by atoms with Gasteiger partial charge in [-0.05, 0) is 0 Å². The third kappa shape index (κ3) is 9.99. The summed E-state index contributed by atoms with van der Waals surface area (Å²) in [6.45, 7) is 3.13. The molecule has 0 amide bonds. The fourth-order valence-corrected chi connectivity index (χ4v) is 0.329. The van der Waals surface area contributed by atoms with Crippen molar-refractivity contribution in [3.8, 4) is 0 Å². The van der Waals surface area contributed by atoms with Crippen LogP contribution >= 0.6 is 0 Å². The molecule has 0 saturated carbocycles. The van der Waals surface area contributed by atoms with E-state index >= 15 is 0 Å². The first kappa shape index (κ1) is 11.6. The summed E-state index contributed by atoms with van der Waals surface area (Å²) in [4.78, 5) is 0. The van der Waals surface area contributed by atoms with Crippen LogP contribution in [-0.4, -0.2) is 55.7 Å². The van der Waals surface area contributed by atoms with Crippen LogP contribution in [0, 0.1) is 0 Å². The van der Waals surface area contributed by atoms with Gasteiger partial charge in [0, 0.05) is 26.2 Å². The Kier molecular flexibility index (Phi) is 15.7. The topological polar surface area (TPSA) is 64.1 Å². The van der Waals surface area contributed by atoms with Crippen LogP contribution in [0.25, 0.3) is 0 Å². The quantitative estimate of drug-likeness (QED) is 0.298. The predicted molar refractivity (Wildman–Crippen MR) is 38.1 cm³/mol. The molecule has 0 aromatic rings. The predicted octanol–water partition coefficient (Wildman–Crippen LogP) is -2.16. The second kappa shape index (κ2) is 10.8. The number of hydrogen-bond donors (Lipinski definition) is 3. The molecule has 0 spiro atoms. The Morgan fingerprint density at radius 2 is 1.38 bits per heavy atom. The van der Waals surface area contributed by atoms with Gasteiger partial charge >= 0.3 is 29.6 Å². The van der Waals surface area contributed by atoms with Crippen molar-refractivity contribution in [2.24, 2.45) is 11.5 Å². The van der Waals surface area contributed by atoms with Crippen molar-refractivity contribution in [2.45, 2.75) is 0 Å². The van der Waals surface area contributed by atoms with Crippen LogP contribution in [0.1, 0.15) is 0 Å². The first-order valence-electron chi connectivity index (χ1n) is 2.52. The van der Waals surface area contributed by atoms with Gasteiger partial charge in [-0.2, -0.15) is 0 Å². The molecule has 0 rings (SSSR count). The Morgan fingerprint density at radius 1 is 1.00 bits per heavy atom. The Bertz CT molecular complexity index is 30.5. The van der Waals surface area contributed by atoms with E-state index in [1.165, 1.54) is 0 Å². The molecule has 0 saturated heterocycles. The van der Waals surface area contributed by atoms with Crippen molar-refractivity contribution in [3.63, 3.8) is 0 Å². The first-order chi connectivity index (χ1) is 3.41. The van der Waals surface area contributed by atoms with Crippen molar-refractivity contribution >= 4 is 29.6 Å². The Labute approximate surface area is 72.5 Å². The third-order valence-electron chi connectivity index (χ3n) is 0.642. The van der Waals surface area contributed by atoms with Crippen LogP contribution in [0.2, 0.25) is 0 Å². The molecular formula is C4H14N3Na. The molecule has 0 aliphatic rings. The van der Waals surface area contributed by atoms with E-state index in [-0.39, 0.29) is 29.6 Å². The summed E-state index contributed by atoms with van der Waals surface area (Å²) < 4.78 is 0. The van der Waals surface area contributed by atoms with Crippen LogP contribution in [0.4, 0.5) is 0 Å². The molecule has 0 aliphatic carbocycles. The summed E-state index contributed by atoms with van der Waals surface area (Å²) in [6, 6.07) is 0. The summed E-state index contributed by atoms with van der Waals surface area (Å²) in [6.07, 6.45) is 0. The molecule has 5 N–H and O–H groups in total. The van der Waals surface area contributed by atoms with E-state index in [4.69, 9.17) is 11.5 Å². The molecule has 0 fully saturated rings. The molecule has 46 valence electrons. The fourth-order valence-electron chi connectivity index (χ4n) is 0.329. The molecule has 0 heterocycles. The van der Waals surface area contributed by atoms with E-state index in [9.17, 15) is 0 Å². The number of nitrogens with one attached hydrogen (secondary N) is 1. The van der Waals surface area contributed by atoms with Gasteiger partial charge in [-0.3, -0.25) is 0 Å². The van der Waals surface area contributed by atoms with E-state index in [1.807, 2.05) is 0 Å². The van der Waals surface area contributed by atoms with E-state index in [1.54, 1.807) is 0 Å². The van der Waals surface area contributed by atoms with Gasteiger partial charge in [0.2, 0.25) is 0 Å². The van der Waals surface area contributed by atoms with E-state index in [0.717, 1.165) is 13.1 Å². The van der Waals surface area contributed by atoms with Crippen molar-refractivity contribution in [2.75, 3.05) is 26.2 Å². The number of nitrogens with two attached hydrogens (primary N) is 2. The standard InChI is InChI=1S/C4H13N3.Na.H/c5-1-3-7-4-2-6;;/h7H,1-6H2;;. The minimum atomic E-state index is 0. The zero-order valence-electron chi connectivity index (χ0n) is 4.48. The van der Waals surface area contributed by atoms with Crippen LogP contribution < -0.4 is 16.8 Å². The van der Waals surface area contributed by atoms with E-state index in [2.05, 4.69) is 5.32 Å². The van der Waals surface area contributed by atoms with Crippen LogP contribution in [0.15, 0.2) is 0 Å².